The number of anilines is 1. The van der Waals surface area contributed by atoms with Crippen LogP contribution in [-0.4, -0.2) is 44.1 Å². The molecule has 0 aromatic carbocycles. The highest BCUT2D eigenvalue weighted by molar-refractivity contribution is 6.13. The van der Waals surface area contributed by atoms with Crippen LogP contribution in [0.15, 0.2) is 18.2 Å². The molecule has 0 saturated heterocycles. The first kappa shape index (κ1) is 14.0. The largest absolute Gasteiger partial charge is 0.452 e. The number of rotatable bonds is 1. The molecule has 2 aliphatic rings. The quantitative estimate of drug-likeness (QED) is 0.707. The van der Waals surface area contributed by atoms with Gasteiger partial charge in [0.2, 0.25) is 0 Å². The maximum atomic E-state index is 11.3. The second kappa shape index (κ2) is 6.03. The molecule has 0 aromatic heterocycles. The molecule has 0 unspecified atom stereocenters. The monoisotopic (exact) mass is 253 g/mol. The van der Waals surface area contributed by atoms with Gasteiger partial charge in [-0.2, -0.15) is 4.90 Å². The lowest BCUT2D eigenvalue weighted by Gasteiger charge is -2.16. The molecule has 2 N–H and O–H groups in total. The van der Waals surface area contributed by atoms with Crippen molar-refractivity contribution in [2.45, 2.75) is 0 Å². The second-order valence-corrected chi connectivity index (χ2v) is 3.19. The predicted molar refractivity (Wildman–Crippen MR) is 64.3 cm³/mol. The van der Waals surface area contributed by atoms with E-state index in [-0.39, 0.29) is 0 Å². The van der Waals surface area contributed by atoms with E-state index in [0.29, 0.717) is 5.69 Å². The van der Waals surface area contributed by atoms with Gasteiger partial charge in [0.1, 0.15) is 0 Å². The summed E-state index contributed by atoms with van der Waals surface area (Å²) in [6, 6.07) is 5.39. The zero-order valence-electron chi connectivity index (χ0n) is 9.91. The highest BCUT2D eigenvalue weighted by atomic mass is 16.6. The number of ether oxygens (including phenoxy) is 2. The van der Waals surface area contributed by atoms with Crippen molar-refractivity contribution in [2.75, 3.05) is 19.1 Å². The minimum Gasteiger partial charge on any atom is -0.452 e. The third-order valence-corrected chi connectivity index (χ3v) is 2.14. The summed E-state index contributed by atoms with van der Waals surface area (Å²) in [6.07, 6.45) is -1.52. The molecule has 18 heavy (non-hydrogen) atoms. The molecular formula is C10H12BNO6. The third-order valence-electron chi connectivity index (χ3n) is 2.14. The molecule has 0 aromatic rings. The summed E-state index contributed by atoms with van der Waals surface area (Å²) in [7, 11) is 1.67. The van der Waals surface area contributed by atoms with Crippen LogP contribution in [0.4, 0.5) is 15.3 Å². The number of nitrogens with zero attached hydrogens (tertiary/aromatic N) is 1. The van der Waals surface area contributed by atoms with Gasteiger partial charge in [0.25, 0.3) is 0 Å². The van der Waals surface area contributed by atoms with Gasteiger partial charge < -0.3 is 19.5 Å². The minimum atomic E-state index is -0.758. The Kier molecular flexibility index (Phi) is 4.70. The van der Waals surface area contributed by atoms with Crippen molar-refractivity contribution in [3.63, 3.8) is 0 Å². The molecular weight excluding hydrogens is 241 g/mol. The van der Waals surface area contributed by atoms with Crippen LogP contribution < -0.4 is 4.90 Å². The topological polar surface area (TPSA) is 96.3 Å². The first-order valence-electron chi connectivity index (χ1n) is 4.92. The van der Waals surface area contributed by atoms with E-state index in [1.54, 1.807) is 12.1 Å². The number of hydrogen-bond donors (Lipinski definition) is 2. The molecule has 0 radical (unpaired) electrons. The summed E-state index contributed by atoms with van der Waals surface area (Å²) < 4.78 is 8.99. The molecule has 0 bridgehead atoms. The molecule has 2 aliphatic carbocycles. The molecule has 0 atom stereocenters. The first-order chi connectivity index (χ1) is 8.58. The number of hydrogen-bond acceptors (Lipinski definition) is 6. The SMILES string of the molecule is COC(=O)N(C(=O)OC)c1cc2cc-2c1.OBO. The normalized spacial score (nSPS) is 9.56. The van der Waals surface area contributed by atoms with E-state index in [2.05, 4.69) is 9.47 Å². The lowest BCUT2D eigenvalue weighted by atomic mass is 10.4. The van der Waals surface area contributed by atoms with Crippen molar-refractivity contribution in [2.24, 2.45) is 0 Å². The summed E-state index contributed by atoms with van der Waals surface area (Å²) in [5.74, 6) is 0. The standard InChI is InChI=1S/C10H9NO4.BH3O2/c1-14-9(12)11(10(13)15-2)8-4-6-3-7(6)5-8;2-1-3/h3-5H,1-2H3;1-3H. The van der Waals surface area contributed by atoms with Crippen LogP contribution >= 0.6 is 0 Å². The molecule has 8 heteroatoms. The van der Waals surface area contributed by atoms with Gasteiger partial charge in [0.05, 0.1) is 19.9 Å². The number of carbonyl (C=O) groups excluding carboxylic acids is 2. The molecule has 2 amide bonds. The van der Waals surface area contributed by atoms with Crippen molar-refractivity contribution in [1.82, 2.24) is 0 Å². The van der Waals surface area contributed by atoms with Crippen molar-refractivity contribution in [1.29, 1.82) is 0 Å². The minimum absolute atomic E-state index is 0.473. The van der Waals surface area contributed by atoms with Crippen molar-refractivity contribution < 1.29 is 29.1 Å². The zero-order chi connectivity index (χ0) is 13.7. The van der Waals surface area contributed by atoms with Crippen molar-refractivity contribution >= 4 is 25.6 Å². The molecule has 96 valence electrons. The van der Waals surface area contributed by atoms with Crippen LogP contribution in [0.5, 0.6) is 0 Å². The molecule has 0 fully saturated rings. The average Bonchev–Trinajstić information content (AvgIpc) is 2.97. The van der Waals surface area contributed by atoms with Gasteiger partial charge in [-0.25, -0.2) is 9.59 Å². The van der Waals surface area contributed by atoms with Crippen LogP contribution in [-0.2, 0) is 9.47 Å². The summed E-state index contributed by atoms with van der Waals surface area (Å²) in [4.78, 5) is 23.5. The maximum absolute atomic E-state index is 11.3. The maximum Gasteiger partial charge on any atom is 0.432 e. The highest BCUT2D eigenvalue weighted by Gasteiger charge is 2.28. The Balaban J connectivity index is 0.000000492. The fourth-order valence-electron chi connectivity index (χ4n) is 1.34. The van der Waals surface area contributed by atoms with E-state index in [4.69, 9.17) is 10.0 Å². The van der Waals surface area contributed by atoms with Crippen LogP contribution in [0.2, 0.25) is 0 Å². The van der Waals surface area contributed by atoms with Crippen LogP contribution in [0.1, 0.15) is 0 Å². The second-order valence-electron chi connectivity index (χ2n) is 3.19. The molecule has 0 heterocycles. The van der Waals surface area contributed by atoms with Crippen molar-refractivity contribution in [3.8, 4) is 11.1 Å². The Bertz CT molecular complexity index is 427. The number of fused-ring (bicyclic) bond motifs is 1. The smallest absolute Gasteiger partial charge is 0.432 e. The lowest BCUT2D eigenvalue weighted by Crippen LogP contribution is -2.36. The number of amides is 2. The zero-order valence-corrected chi connectivity index (χ0v) is 9.91. The number of carbonyl (C=O) groups is 2. The summed E-state index contributed by atoms with van der Waals surface area (Å²) in [5, 5.41) is 14.2. The van der Waals surface area contributed by atoms with Crippen LogP contribution in [0, 0.1) is 0 Å². The fourth-order valence-corrected chi connectivity index (χ4v) is 1.34. The summed E-state index contributed by atoms with van der Waals surface area (Å²) >= 11 is 0. The van der Waals surface area contributed by atoms with Gasteiger partial charge in [0, 0.05) is 0 Å². The Morgan fingerprint density at radius 2 is 1.44 bits per heavy atom. The number of methoxy groups -OCH3 is 2. The number of imide groups is 1. The Labute approximate surface area is 104 Å². The van der Waals surface area contributed by atoms with Gasteiger partial charge in [0.15, 0.2) is 0 Å². The molecule has 0 aliphatic heterocycles. The van der Waals surface area contributed by atoms with Gasteiger partial charge >= 0.3 is 19.9 Å². The summed E-state index contributed by atoms with van der Waals surface area (Å²) in [5.41, 5.74) is 2.53. The molecule has 2 rings (SSSR count). The van der Waals surface area contributed by atoms with E-state index >= 15 is 0 Å². The highest BCUT2D eigenvalue weighted by Crippen LogP contribution is 2.40. The van der Waals surface area contributed by atoms with E-state index in [9.17, 15) is 9.59 Å². The van der Waals surface area contributed by atoms with Crippen molar-refractivity contribution in [3.05, 3.63) is 18.2 Å². The Morgan fingerprint density at radius 3 is 1.78 bits per heavy atom. The fraction of sp³-hybridized carbons (Fsp3) is 0.200. The molecule has 0 saturated carbocycles. The third kappa shape index (κ3) is 2.99. The number of benzene rings is 1. The van der Waals surface area contributed by atoms with Gasteiger partial charge in [-0.05, 0) is 29.3 Å². The van der Waals surface area contributed by atoms with Crippen LogP contribution in [0.25, 0.3) is 11.1 Å². The van der Waals surface area contributed by atoms with Gasteiger partial charge in [-0.15, -0.1) is 0 Å². The first-order valence-corrected chi connectivity index (χ1v) is 4.92. The molecule has 0 spiro atoms. The Hall–Kier alpha value is -2.06. The average molecular weight is 253 g/mol. The van der Waals surface area contributed by atoms with Gasteiger partial charge in [-0.3, -0.25) is 0 Å². The predicted octanol–water partition coefficient (Wildman–Crippen LogP) is 0.244. The van der Waals surface area contributed by atoms with E-state index < -0.39 is 19.9 Å². The van der Waals surface area contributed by atoms with E-state index in [1.807, 2.05) is 6.07 Å². The van der Waals surface area contributed by atoms with E-state index in [0.717, 1.165) is 16.0 Å². The van der Waals surface area contributed by atoms with Gasteiger partial charge in [-0.1, -0.05) is 0 Å². The summed E-state index contributed by atoms with van der Waals surface area (Å²) in [6.45, 7) is 0. The van der Waals surface area contributed by atoms with Crippen LogP contribution in [0.3, 0.4) is 0 Å². The molecule has 7 nitrogen and oxygen atoms in total. The van der Waals surface area contributed by atoms with E-state index in [1.165, 1.54) is 14.2 Å². The lowest BCUT2D eigenvalue weighted by molar-refractivity contribution is 0.159. The Morgan fingerprint density at radius 1 is 1.06 bits per heavy atom.